The summed E-state index contributed by atoms with van der Waals surface area (Å²) >= 11 is 0. The van der Waals surface area contributed by atoms with Crippen molar-refractivity contribution in [1.82, 2.24) is 10.2 Å². The van der Waals surface area contributed by atoms with Gasteiger partial charge in [-0.05, 0) is 39.3 Å². The van der Waals surface area contributed by atoms with Crippen LogP contribution >= 0.6 is 12.4 Å². The van der Waals surface area contributed by atoms with Crippen LogP contribution < -0.4 is 5.32 Å². The van der Waals surface area contributed by atoms with Crippen molar-refractivity contribution in [2.75, 3.05) is 13.1 Å². The Labute approximate surface area is 169 Å². The van der Waals surface area contributed by atoms with Gasteiger partial charge in [-0.1, -0.05) is 48.5 Å². The molecule has 2 N–H and O–H groups in total. The number of halogens is 1. The number of carbonyl (C=O) groups is 1. The van der Waals surface area contributed by atoms with Gasteiger partial charge in [-0.25, -0.2) is 0 Å². The standard InChI is InChI=1S/C22H30N2O2.ClH/c1-16(2)24(17(3)4)15-14-23-22(26)21(18-10-6-5-7-11-18)19-12-8-9-13-20(19)25;/h5-13,16-17,21,25H,14-15H2,1-4H3,(H,23,26);1H. The summed E-state index contributed by atoms with van der Waals surface area (Å²) in [4.78, 5) is 15.3. The number of rotatable bonds is 8. The number of phenols is 1. The number of phenolic OH excluding ortho intramolecular Hbond substituents is 1. The van der Waals surface area contributed by atoms with E-state index in [4.69, 9.17) is 0 Å². The molecule has 1 unspecified atom stereocenters. The molecule has 2 aromatic carbocycles. The molecule has 0 aromatic heterocycles. The highest BCUT2D eigenvalue weighted by molar-refractivity contribution is 5.87. The molecule has 0 saturated carbocycles. The van der Waals surface area contributed by atoms with Gasteiger partial charge in [0.2, 0.25) is 5.91 Å². The van der Waals surface area contributed by atoms with Crippen LogP contribution in [0.3, 0.4) is 0 Å². The molecule has 0 radical (unpaired) electrons. The molecule has 0 fully saturated rings. The van der Waals surface area contributed by atoms with Gasteiger partial charge in [-0.3, -0.25) is 9.69 Å². The quantitative estimate of drug-likeness (QED) is 0.710. The van der Waals surface area contributed by atoms with Crippen LogP contribution in [-0.2, 0) is 4.79 Å². The van der Waals surface area contributed by atoms with E-state index < -0.39 is 5.92 Å². The average Bonchev–Trinajstić information content (AvgIpc) is 2.61. The molecule has 4 nitrogen and oxygen atoms in total. The molecular formula is C22H31ClN2O2. The minimum Gasteiger partial charge on any atom is -0.508 e. The van der Waals surface area contributed by atoms with Gasteiger partial charge in [-0.2, -0.15) is 0 Å². The van der Waals surface area contributed by atoms with Gasteiger partial charge in [0.15, 0.2) is 0 Å². The number of hydrogen-bond acceptors (Lipinski definition) is 3. The topological polar surface area (TPSA) is 52.6 Å². The maximum atomic E-state index is 13.0. The second-order valence-electron chi connectivity index (χ2n) is 7.12. The van der Waals surface area contributed by atoms with E-state index in [9.17, 15) is 9.90 Å². The molecule has 148 valence electrons. The molecule has 5 heteroatoms. The fourth-order valence-electron chi connectivity index (χ4n) is 3.37. The van der Waals surface area contributed by atoms with Crippen LogP contribution in [0.5, 0.6) is 5.75 Å². The van der Waals surface area contributed by atoms with Crippen molar-refractivity contribution in [3.8, 4) is 5.75 Å². The van der Waals surface area contributed by atoms with Gasteiger partial charge in [0.1, 0.15) is 5.75 Å². The van der Waals surface area contributed by atoms with Gasteiger partial charge in [0.05, 0.1) is 5.92 Å². The van der Waals surface area contributed by atoms with E-state index in [0.29, 0.717) is 24.2 Å². The zero-order chi connectivity index (χ0) is 19.1. The third-order valence-corrected chi connectivity index (χ3v) is 4.64. The van der Waals surface area contributed by atoms with E-state index in [-0.39, 0.29) is 24.1 Å². The Hall–Kier alpha value is -2.04. The summed E-state index contributed by atoms with van der Waals surface area (Å²) in [7, 11) is 0. The minimum atomic E-state index is -0.524. The molecule has 2 rings (SSSR count). The molecule has 0 aliphatic rings. The fourth-order valence-corrected chi connectivity index (χ4v) is 3.37. The summed E-state index contributed by atoms with van der Waals surface area (Å²) in [6.45, 7) is 10.0. The predicted molar refractivity (Wildman–Crippen MR) is 114 cm³/mol. The molecule has 0 bridgehead atoms. The molecule has 0 saturated heterocycles. The fraction of sp³-hybridized carbons (Fsp3) is 0.409. The minimum absolute atomic E-state index is 0. The van der Waals surface area contributed by atoms with Crippen LogP contribution in [0.4, 0.5) is 0 Å². The molecule has 0 spiro atoms. The van der Waals surface area contributed by atoms with Crippen molar-refractivity contribution in [3.05, 3.63) is 65.7 Å². The van der Waals surface area contributed by atoms with E-state index in [1.165, 1.54) is 0 Å². The summed E-state index contributed by atoms with van der Waals surface area (Å²) in [5, 5.41) is 13.3. The number of hydrogen-bond donors (Lipinski definition) is 2. The molecule has 2 aromatic rings. The van der Waals surface area contributed by atoms with Crippen molar-refractivity contribution < 1.29 is 9.90 Å². The van der Waals surface area contributed by atoms with Crippen LogP contribution in [0.15, 0.2) is 54.6 Å². The van der Waals surface area contributed by atoms with Crippen molar-refractivity contribution >= 4 is 18.3 Å². The SMILES string of the molecule is CC(C)N(CCNC(=O)C(c1ccccc1)c1ccccc1O)C(C)C.Cl. The first-order valence-electron chi connectivity index (χ1n) is 9.28. The van der Waals surface area contributed by atoms with Crippen molar-refractivity contribution in [2.45, 2.75) is 45.7 Å². The van der Waals surface area contributed by atoms with E-state index >= 15 is 0 Å². The Bertz CT molecular complexity index is 696. The van der Waals surface area contributed by atoms with Crippen LogP contribution in [-0.4, -0.2) is 41.1 Å². The summed E-state index contributed by atoms with van der Waals surface area (Å²) in [6, 6.07) is 17.5. The first kappa shape index (κ1) is 23.0. The maximum absolute atomic E-state index is 13.0. The normalized spacial score (nSPS) is 12.1. The largest absolute Gasteiger partial charge is 0.508 e. The maximum Gasteiger partial charge on any atom is 0.232 e. The Balaban J connectivity index is 0.00000364. The second-order valence-corrected chi connectivity index (χ2v) is 7.12. The molecule has 0 heterocycles. The van der Waals surface area contributed by atoms with Crippen LogP contribution in [0.25, 0.3) is 0 Å². The first-order chi connectivity index (χ1) is 12.4. The number of para-hydroxylation sites is 1. The summed E-state index contributed by atoms with van der Waals surface area (Å²) in [5.74, 6) is -0.475. The Morgan fingerprint density at radius 1 is 0.963 bits per heavy atom. The Morgan fingerprint density at radius 3 is 2.07 bits per heavy atom. The number of nitrogens with one attached hydrogen (secondary N) is 1. The molecular weight excluding hydrogens is 360 g/mol. The number of nitrogens with zero attached hydrogens (tertiary/aromatic N) is 1. The average molecular weight is 391 g/mol. The Morgan fingerprint density at radius 2 is 1.52 bits per heavy atom. The van der Waals surface area contributed by atoms with Gasteiger partial charge >= 0.3 is 0 Å². The van der Waals surface area contributed by atoms with E-state index in [2.05, 4.69) is 37.9 Å². The van der Waals surface area contributed by atoms with E-state index in [1.54, 1.807) is 18.2 Å². The zero-order valence-electron chi connectivity index (χ0n) is 16.6. The third kappa shape index (κ3) is 6.26. The van der Waals surface area contributed by atoms with Crippen molar-refractivity contribution in [2.24, 2.45) is 0 Å². The molecule has 0 aliphatic heterocycles. The van der Waals surface area contributed by atoms with Crippen LogP contribution in [0.1, 0.15) is 44.7 Å². The first-order valence-corrected chi connectivity index (χ1v) is 9.28. The predicted octanol–water partition coefficient (Wildman–Crippen LogP) is 4.18. The molecule has 27 heavy (non-hydrogen) atoms. The monoisotopic (exact) mass is 390 g/mol. The highest BCUT2D eigenvalue weighted by Gasteiger charge is 2.25. The van der Waals surface area contributed by atoms with Crippen LogP contribution in [0.2, 0.25) is 0 Å². The highest BCUT2D eigenvalue weighted by atomic mass is 35.5. The van der Waals surface area contributed by atoms with Gasteiger partial charge in [0.25, 0.3) is 0 Å². The molecule has 0 aliphatic carbocycles. The third-order valence-electron chi connectivity index (χ3n) is 4.64. The zero-order valence-corrected chi connectivity index (χ0v) is 17.4. The molecule has 1 atom stereocenters. The lowest BCUT2D eigenvalue weighted by Crippen LogP contribution is -2.43. The summed E-state index contributed by atoms with van der Waals surface area (Å²) in [6.07, 6.45) is 0. The number of carbonyl (C=O) groups excluding carboxylic acids is 1. The Kier molecular flexibility index (Phi) is 9.33. The van der Waals surface area contributed by atoms with Gasteiger partial charge in [-0.15, -0.1) is 12.4 Å². The van der Waals surface area contributed by atoms with E-state index in [0.717, 1.165) is 12.1 Å². The van der Waals surface area contributed by atoms with Gasteiger partial charge in [0, 0.05) is 30.7 Å². The second kappa shape index (κ2) is 11.0. The lowest BCUT2D eigenvalue weighted by molar-refractivity contribution is -0.121. The summed E-state index contributed by atoms with van der Waals surface area (Å²) in [5.41, 5.74) is 1.50. The van der Waals surface area contributed by atoms with Crippen LogP contribution in [0, 0.1) is 0 Å². The highest BCUT2D eigenvalue weighted by Crippen LogP contribution is 2.31. The lowest BCUT2D eigenvalue weighted by Gasteiger charge is -2.30. The smallest absolute Gasteiger partial charge is 0.232 e. The number of aromatic hydroxyl groups is 1. The van der Waals surface area contributed by atoms with Gasteiger partial charge < -0.3 is 10.4 Å². The molecule has 1 amide bonds. The number of amides is 1. The summed E-state index contributed by atoms with van der Waals surface area (Å²) < 4.78 is 0. The lowest BCUT2D eigenvalue weighted by atomic mass is 9.90. The van der Waals surface area contributed by atoms with Crippen molar-refractivity contribution in [1.29, 1.82) is 0 Å². The van der Waals surface area contributed by atoms with Crippen molar-refractivity contribution in [3.63, 3.8) is 0 Å². The number of benzene rings is 2. The van der Waals surface area contributed by atoms with E-state index in [1.807, 2.05) is 36.4 Å².